The summed E-state index contributed by atoms with van der Waals surface area (Å²) in [5.74, 6) is -0.841. The Morgan fingerprint density at radius 2 is 1.92 bits per heavy atom. The molecular weight excluding hydrogens is 465 g/mol. The highest BCUT2D eigenvalue weighted by Gasteiger charge is 2.47. The molecule has 2 atom stereocenters. The number of carbonyl (C=O) groups excluding carboxylic acids is 2. The molecule has 0 aliphatic carbocycles. The fraction of sp³-hybridized carbons (Fsp3) is 0.429. The first-order valence-corrected chi connectivity index (χ1v) is 12.3. The maximum absolute atomic E-state index is 13.5. The van der Waals surface area contributed by atoms with Crippen molar-refractivity contribution in [2.24, 2.45) is 5.92 Å². The maximum Gasteiger partial charge on any atom is 0.295 e. The van der Waals surface area contributed by atoms with Crippen LogP contribution in [0.25, 0.3) is 5.76 Å². The van der Waals surface area contributed by atoms with E-state index in [1.165, 1.54) is 36.3 Å². The van der Waals surface area contributed by atoms with Crippen molar-refractivity contribution in [1.29, 1.82) is 0 Å². The number of halogens is 1. The van der Waals surface area contributed by atoms with E-state index in [-0.39, 0.29) is 29.5 Å². The molecule has 7 nitrogen and oxygen atoms in total. The van der Waals surface area contributed by atoms with E-state index in [1.54, 1.807) is 18.2 Å². The van der Waals surface area contributed by atoms with Gasteiger partial charge in [0.25, 0.3) is 11.7 Å². The average Bonchev–Trinajstić information content (AvgIpc) is 3.46. The fourth-order valence-corrected chi connectivity index (χ4v) is 4.56. The number of methoxy groups -OCH3 is 1. The number of likely N-dealkylation sites (tertiary alicyclic amines) is 1. The van der Waals surface area contributed by atoms with Crippen molar-refractivity contribution in [3.8, 4) is 11.5 Å². The van der Waals surface area contributed by atoms with Crippen LogP contribution in [0.15, 0.2) is 48.0 Å². The van der Waals surface area contributed by atoms with E-state index in [0.717, 1.165) is 19.3 Å². The minimum Gasteiger partial charge on any atom is -0.507 e. The van der Waals surface area contributed by atoms with Crippen LogP contribution in [0.4, 0.5) is 4.39 Å². The van der Waals surface area contributed by atoms with E-state index in [4.69, 9.17) is 14.2 Å². The molecule has 192 valence electrons. The monoisotopic (exact) mass is 497 g/mol. The Balaban J connectivity index is 1.76. The molecule has 2 aromatic carbocycles. The zero-order valence-corrected chi connectivity index (χ0v) is 20.8. The maximum atomic E-state index is 13.5. The second kappa shape index (κ2) is 11.1. The topological polar surface area (TPSA) is 85.3 Å². The van der Waals surface area contributed by atoms with Gasteiger partial charge in [-0.1, -0.05) is 19.9 Å². The van der Waals surface area contributed by atoms with Crippen LogP contribution in [0.2, 0.25) is 0 Å². The third kappa shape index (κ3) is 5.38. The molecule has 2 aromatic rings. The number of carbonyl (C=O) groups is 2. The van der Waals surface area contributed by atoms with Gasteiger partial charge in [-0.25, -0.2) is 4.39 Å². The number of benzene rings is 2. The van der Waals surface area contributed by atoms with E-state index >= 15 is 0 Å². The molecule has 4 rings (SSSR count). The first-order valence-electron chi connectivity index (χ1n) is 12.3. The molecule has 0 radical (unpaired) electrons. The van der Waals surface area contributed by atoms with E-state index in [1.807, 2.05) is 0 Å². The molecule has 0 bridgehead atoms. The summed E-state index contributed by atoms with van der Waals surface area (Å²) in [7, 11) is 1.52. The lowest BCUT2D eigenvalue weighted by Gasteiger charge is -2.28. The van der Waals surface area contributed by atoms with Crippen LogP contribution in [-0.2, 0) is 14.3 Å². The molecule has 0 saturated carbocycles. The summed E-state index contributed by atoms with van der Waals surface area (Å²) in [6, 6.07) is 9.52. The van der Waals surface area contributed by atoms with Crippen LogP contribution in [0.5, 0.6) is 11.5 Å². The van der Waals surface area contributed by atoms with Crippen LogP contribution >= 0.6 is 0 Å². The average molecular weight is 498 g/mol. The summed E-state index contributed by atoms with van der Waals surface area (Å²) >= 11 is 0. The van der Waals surface area contributed by atoms with Crippen LogP contribution in [0.1, 0.15) is 50.3 Å². The van der Waals surface area contributed by atoms with Gasteiger partial charge in [0.2, 0.25) is 0 Å². The zero-order valence-electron chi connectivity index (χ0n) is 20.8. The molecule has 2 fully saturated rings. The summed E-state index contributed by atoms with van der Waals surface area (Å²) in [6.45, 7) is 5.56. The number of aliphatic hydroxyl groups excluding tert-OH is 1. The number of nitrogens with zero attached hydrogens (tertiary/aromatic N) is 1. The molecule has 2 aliphatic heterocycles. The van der Waals surface area contributed by atoms with Gasteiger partial charge in [0.15, 0.2) is 11.5 Å². The Labute approximate surface area is 210 Å². The van der Waals surface area contributed by atoms with Gasteiger partial charge in [0.05, 0.1) is 31.4 Å². The van der Waals surface area contributed by atoms with Gasteiger partial charge >= 0.3 is 0 Å². The fourth-order valence-electron chi connectivity index (χ4n) is 4.56. The molecule has 2 aliphatic rings. The largest absolute Gasteiger partial charge is 0.507 e. The summed E-state index contributed by atoms with van der Waals surface area (Å²) in [5.41, 5.74) is 0.779. The second-order valence-electron chi connectivity index (χ2n) is 9.53. The smallest absolute Gasteiger partial charge is 0.295 e. The summed E-state index contributed by atoms with van der Waals surface area (Å²) in [4.78, 5) is 27.8. The molecule has 2 saturated heterocycles. The third-order valence-corrected chi connectivity index (χ3v) is 6.54. The van der Waals surface area contributed by atoms with E-state index < -0.39 is 23.5 Å². The van der Waals surface area contributed by atoms with E-state index in [2.05, 4.69) is 13.8 Å². The van der Waals surface area contributed by atoms with Crippen LogP contribution in [0.3, 0.4) is 0 Å². The van der Waals surface area contributed by atoms with Gasteiger partial charge in [0.1, 0.15) is 11.6 Å². The molecule has 0 aromatic heterocycles. The van der Waals surface area contributed by atoms with Crippen molar-refractivity contribution in [1.82, 2.24) is 4.90 Å². The first kappa shape index (κ1) is 25.7. The third-order valence-electron chi connectivity index (χ3n) is 6.54. The minimum absolute atomic E-state index is 0.0554. The molecule has 0 spiro atoms. The number of Topliss-reactive ketones (excluding diaryl/α,β-unsaturated/α-hetero) is 1. The molecule has 8 heteroatoms. The highest BCUT2D eigenvalue weighted by Crippen LogP contribution is 2.42. The normalized spacial score (nSPS) is 21.4. The number of ether oxygens (including phenoxy) is 3. The summed E-state index contributed by atoms with van der Waals surface area (Å²) < 4.78 is 30.7. The van der Waals surface area contributed by atoms with Crippen molar-refractivity contribution >= 4 is 17.4 Å². The lowest BCUT2D eigenvalue weighted by molar-refractivity contribution is -0.140. The molecule has 1 N–H and O–H groups in total. The molecule has 2 heterocycles. The Kier molecular flexibility index (Phi) is 7.94. The Bertz CT molecular complexity index is 1140. The highest BCUT2D eigenvalue weighted by molar-refractivity contribution is 6.46. The summed E-state index contributed by atoms with van der Waals surface area (Å²) in [6.07, 6.45) is 2.34. The van der Waals surface area contributed by atoms with E-state index in [9.17, 15) is 19.1 Å². The van der Waals surface area contributed by atoms with Crippen LogP contribution in [0, 0.1) is 11.7 Å². The zero-order chi connectivity index (χ0) is 25.8. The minimum atomic E-state index is -0.863. The lowest BCUT2D eigenvalue weighted by Crippen LogP contribution is -2.36. The first-order chi connectivity index (χ1) is 17.3. The molecule has 1 amide bonds. The van der Waals surface area contributed by atoms with Crippen LogP contribution < -0.4 is 9.47 Å². The van der Waals surface area contributed by atoms with Crippen molar-refractivity contribution < 1.29 is 33.3 Å². The standard InChI is InChI=1S/C28H32FNO6/c1-17(2)12-14-36-22-11-8-19(15-23(22)34-3)25-24(26(31)18-6-9-20(29)10-7-18)27(32)28(33)30(25)16-21-5-4-13-35-21/h6-11,15,17,21,25,31H,4-5,12-14,16H2,1-3H3/b26-24+. The molecule has 2 unspecified atom stereocenters. The quantitative estimate of drug-likeness (QED) is 0.303. The number of amides is 1. The lowest BCUT2D eigenvalue weighted by atomic mass is 9.94. The van der Waals surface area contributed by atoms with Gasteiger partial charge < -0.3 is 24.2 Å². The predicted molar refractivity (Wildman–Crippen MR) is 132 cm³/mol. The van der Waals surface area contributed by atoms with Gasteiger partial charge in [-0.3, -0.25) is 9.59 Å². The Hall–Kier alpha value is -3.39. The number of rotatable bonds is 9. The second-order valence-corrected chi connectivity index (χ2v) is 9.53. The predicted octanol–water partition coefficient (Wildman–Crippen LogP) is 4.86. The van der Waals surface area contributed by atoms with Crippen molar-refractivity contribution in [3.63, 3.8) is 0 Å². The highest BCUT2D eigenvalue weighted by atomic mass is 19.1. The van der Waals surface area contributed by atoms with E-state index in [0.29, 0.717) is 36.2 Å². The number of aliphatic hydroxyl groups is 1. The molecular formula is C28H32FNO6. The summed E-state index contributed by atoms with van der Waals surface area (Å²) in [5, 5.41) is 11.1. The van der Waals surface area contributed by atoms with Gasteiger partial charge in [-0.05, 0) is 67.1 Å². The molecule has 36 heavy (non-hydrogen) atoms. The Morgan fingerprint density at radius 1 is 1.17 bits per heavy atom. The van der Waals surface area contributed by atoms with Crippen molar-refractivity contribution in [2.45, 2.75) is 45.3 Å². The number of hydrogen-bond acceptors (Lipinski definition) is 6. The number of hydrogen-bond donors (Lipinski definition) is 1. The Morgan fingerprint density at radius 3 is 2.56 bits per heavy atom. The SMILES string of the molecule is COc1cc(C2/C(=C(\O)c3ccc(F)cc3)C(=O)C(=O)N2CC2CCCO2)ccc1OCCC(C)C. The van der Waals surface area contributed by atoms with Gasteiger partial charge in [-0.2, -0.15) is 0 Å². The van der Waals surface area contributed by atoms with Crippen LogP contribution in [-0.4, -0.2) is 54.7 Å². The number of ketones is 1. The van der Waals surface area contributed by atoms with Gasteiger partial charge in [-0.15, -0.1) is 0 Å². The van der Waals surface area contributed by atoms with Gasteiger partial charge in [0, 0.05) is 18.7 Å². The van der Waals surface area contributed by atoms with Crippen molar-refractivity contribution in [2.75, 3.05) is 26.9 Å². The van der Waals surface area contributed by atoms with Crippen molar-refractivity contribution in [3.05, 3.63) is 65.0 Å².